The van der Waals surface area contributed by atoms with Gasteiger partial charge in [0.15, 0.2) is 9.84 Å². The van der Waals surface area contributed by atoms with Crippen LogP contribution in [-0.4, -0.2) is 23.9 Å². The van der Waals surface area contributed by atoms with Crippen LogP contribution in [0.4, 0.5) is 5.69 Å². The van der Waals surface area contributed by atoms with Crippen LogP contribution in [0.5, 0.6) is 0 Å². The summed E-state index contributed by atoms with van der Waals surface area (Å²) < 4.78 is 28.6. The monoisotopic (exact) mass is 581 g/mol. The van der Waals surface area contributed by atoms with E-state index in [9.17, 15) is 13.2 Å². The van der Waals surface area contributed by atoms with Crippen LogP contribution in [0.1, 0.15) is 122 Å². The number of nitrogens with zero attached hydrogens (tertiary/aromatic N) is 2. The predicted molar refractivity (Wildman–Crippen MR) is 171 cm³/mol. The predicted octanol–water partition coefficient (Wildman–Crippen LogP) is 9.23. The summed E-state index contributed by atoms with van der Waals surface area (Å²) >= 11 is 0. The first-order valence-electron chi connectivity index (χ1n) is 16.0. The number of imidazole rings is 1. The molecule has 0 spiro atoms. The van der Waals surface area contributed by atoms with E-state index in [0.717, 1.165) is 30.4 Å². The van der Waals surface area contributed by atoms with Crippen LogP contribution in [0.2, 0.25) is 0 Å². The molecule has 1 heterocycles. The maximum Gasteiger partial charge on any atom is 0.221 e. The summed E-state index contributed by atoms with van der Waals surface area (Å²) in [6.07, 6.45) is 21.2. The van der Waals surface area contributed by atoms with Crippen LogP contribution in [0.25, 0.3) is 11.0 Å². The van der Waals surface area contributed by atoms with Crippen LogP contribution in [-0.2, 0) is 26.9 Å². The van der Waals surface area contributed by atoms with Gasteiger partial charge in [-0.25, -0.2) is 13.4 Å². The summed E-state index contributed by atoms with van der Waals surface area (Å²) in [5.74, 6) is 0.238. The number of nitrogens with one attached hydrogen (secondary N) is 1. The van der Waals surface area contributed by atoms with Gasteiger partial charge in [-0.3, -0.25) is 4.79 Å². The lowest BCUT2D eigenvalue weighted by molar-refractivity contribution is -0.114. The Bertz CT molecular complexity index is 1280. The molecule has 0 unspecified atom stereocenters. The van der Waals surface area contributed by atoms with Crippen molar-refractivity contribution in [1.82, 2.24) is 9.55 Å². The van der Waals surface area contributed by atoms with Gasteiger partial charge in [-0.1, -0.05) is 115 Å². The van der Waals surface area contributed by atoms with Crippen molar-refractivity contribution in [2.24, 2.45) is 0 Å². The normalized spacial score (nSPS) is 11.8. The van der Waals surface area contributed by atoms with E-state index in [2.05, 4.69) is 16.8 Å². The highest BCUT2D eigenvalue weighted by Gasteiger charge is 2.21. The topological polar surface area (TPSA) is 81.1 Å². The van der Waals surface area contributed by atoms with E-state index < -0.39 is 9.84 Å². The van der Waals surface area contributed by atoms with Crippen LogP contribution < -0.4 is 5.32 Å². The first-order valence-corrected chi connectivity index (χ1v) is 17.6. The SMILES string of the molecule is CCCCCCCCCCCCCCCCCCn1c(CS(=O)(=O)c2ccc(NC(C)=O)cc2)nc2ccccc21. The molecular formula is C34H51N3O3S. The minimum Gasteiger partial charge on any atom is -0.327 e. The van der Waals surface area contributed by atoms with Gasteiger partial charge in [-0.05, 0) is 42.8 Å². The summed E-state index contributed by atoms with van der Waals surface area (Å²) in [4.78, 5) is 16.2. The largest absolute Gasteiger partial charge is 0.327 e. The van der Waals surface area contributed by atoms with Crippen LogP contribution in [0, 0.1) is 0 Å². The Labute approximate surface area is 248 Å². The number of rotatable bonds is 21. The third kappa shape index (κ3) is 11.6. The number of hydrogen-bond donors (Lipinski definition) is 1. The molecule has 3 rings (SSSR count). The third-order valence-corrected chi connectivity index (χ3v) is 9.45. The van der Waals surface area contributed by atoms with Crippen molar-refractivity contribution < 1.29 is 13.2 Å². The lowest BCUT2D eigenvalue weighted by atomic mass is 10.0. The van der Waals surface area contributed by atoms with Crippen molar-refractivity contribution >= 4 is 32.5 Å². The average Bonchev–Trinajstić information content (AvgIpc) is 3.29. The first kappa shape index (κ1) is 32.8. The van der Waals surface area contributed by atoms with Crippen molar-refractivity contribution in [3.63, 3.8) is 0 Å². The zero-order valence-electron chi connectivity index (χ0n) is 25.4. The smallest absolute Gasteiger partial charge is 0.221 e. The van der Waals surface area contributed by atoms with E-state index in [1.54, 1.807) is 24.3 Å². The summed E-state index contributed by atoms with van der Waals surface area (Å²) in [6.45, 7) is 4.47. The quantitative estimate of drug-likeness (QED) is 0.127. The molecule has 0 atom stereocenters. The number of aryl methyl sites for hydroxylation is 1. The summed E-state index contributed by atoms with van der Waals surface area (Å²) in [6, 6.07) is 14.2. The molecule has 6 nitrogen and oxygen atoms in total. The molecule has 1 N–H and O–H groups in total. The highest BCUT2D eigenvalue weighted by molar-refractivity contribution is 7.90. The molecule has 3 aromatic rings. The van der Waals surface area contributed by atoms with Gasteiger partial charge >= 0.3 is 0 Å². The van der Waals surface area contributed by atoms with E-state index in [1.807, 2.05) is 24.3 Å². The number of sulfone groups is 1. The molecule has 41 heavy (non-hydrogen) atoms. The zero-order chi connectivity index (χ0) is 29.3. The van der Waals surface area contributed by atoms with Gasteiger partial charge in [0.25, 0.3) is 0 Å². The van der Waals surface area contributed by atoms with Crippen LogP contribution in [0.3, 0.4) is 0 Å². The maximum absolute atomic E-state index is 13.2. The molecule has 0 aliphatic rings. The molecule has 0 bridgehead atoms. The Hall–Kier alpha value is -2.67. The van der Waals surface area contributed by atoms with Crippen molar-refractivity contribution in [2.45, 2.75) is 134 Å². The number of anilines is 1. The third-order valence-electron chi connectivity index (χ3n) is 7.82. The number of hydrogen-bond acceptors (Lipinski definition) is 4. The number of aromatic nitrogens is 2. The van der Waals surface area contributed by atoms with Crippen molar-refractivity contribution in [3.05, 3.63) is 54.4 Å². The van der Waals surface area contributed by atoms with Gasteiger partial charge < -0.3 is 9.88 Å². The molecule has 1 aromatic heterocycles. The molecule has 0 aliphatic carbocycles. The first-order chi connectivity index (χ1) is 19.9. The molecule has 0 radical (unpaired) electrons. The summed E-state index contributed by atoms with van der Waals surface area (Å²) in [5.41, 5.74) is 2.39. The highest BCUT2D eigenvalue weighted by atomic mass is 32.2. The van der Waals surface area contributed by atoms with Crippen LogP contribution >= 0.6 is 0 Å². The number of fused-ring (bicyclic) bond motifs is 1. The fourth-order valence-electron chi connectivity index (χ4n) is 5.51. The minimum absolute atomic E-state index is 0.153. The second-order valence-corrected chi connectivity index (χ2v) is 13.4. The molecule has 0 saturated carbocycles. The van der Waals surface area contributed by atoms with Gasteiger partial charge in [0.1, 0.15) is 11.6 Å². The van der Waals surface area contributed by atoms with Crippen molar-refractivity contribution in [3.8, 4) is 0 Å². The van der Waals surface area contributed by atoms with E-state index in [4.69, 9.17) is 4.98 Å². The van der Waals surface area contributed by atoms with Crippen LogP contribution in [0.15, 0.2) is 53.4 Å². The van der Waals surface area contributed by atoms with E-state index in [1.165, 1.54) is 96.8 Å². The summed E-state index contributed by atoms with van der Waals surface area (Å²) in [5, 5.41) is 2.67. The Balaban J connectivity index is 1.39. The van der Waals surface area contributed by atoms with Crippen molar-refractivity contribution in [2.75, 3.05) is 5.32 Å². The number of benzene rings is 2. The minimum atomic E-state index is -3.59. The number of unbranched alkanes of at least 4 members (excludes halogenated alkanes) is 15. The molecule has 1 amide bonds. The fraction of sp³-hybridized carbons (Fsp3) is 0.588. The van der Waals surface area contributed by atoms with Gasteiger partial charge in [-0.2, -0.15) is 0 Å². The molecule has 226 valence electrons. The second-order valence-electron chi connectivity index (χ2n) is 11.4. The summed E-state index contributed by atoms with van der Waals surface area (Å²) in [7, 11) is -3.59. The molecule has 0 aliphatic heterocycles. The van der Waals surface area contributed by atoms with Crippen molar-refractivity contribution in [1.29, 1.82) is 0 Å². The lowest BCUT2D eigenvalue weighted by Gasteiger charge is -2.11. The molecule has 2 aromatic carbocycles. The second kappa shape index (κ2) is 18.0. The lowest BCUT2D eigenvalue weighted by Crippen LogP contribution is -2.12. The zero-order valence-corrected chi connectivity index (χ0v) is 26.2. The number of carbonyl (C=O) groups is 1. The van der Waals surface area contributed by atoms with E-state index >= 15 is 0 Å². The number of para-hydroxylation sites is 2. The molecule has 0 saturated heterocycles. The molecule has 0 fully saturated rings. The fourth-order valence-corrected chi connectivity index (χ4v) is 6.78. The van der Waals surface area contributed by atoms with E-state index in [0.29, 0.717) is 11.5 Å². The van der Waals surface area contributed by atoms with E-state index in [-0.39, 0.29) is 16.6 Å². The Morgan fingerprint density at radius 2 is 1.24 bits per heavy atom. The maximum atomic E-state index is 13.2. The number of carbonyl (C=O) groups excluding carboxylic acids is 1. The highest BCUT2D eigenvalue weighted by Crippen LogP contribution is 2.23. The standard InChI is InChI=1S/C34H51N3O3S/c1-3-4-5-6-7-8-9-10-11-12-13-14-15-16-17-20-27-37-33-22-19-18-21-32(33)36-34(37)28-41(39,40)31-25-23-30(24-26-31)35-29(2)38/h18-19,21-26H,3-17,20,27-28H2,1-2H3,(H,35,38). The average molecular weight is 582 g/mol. The Morgan fingerprint density at radius 1 is 0.732 bits per heavy atom. The number of amides is 1. The van der Waals surface area contributed by atoms with Gasteiger partial charge in [-0.15, -0.1) is 0 Å². The Kier molecular flexibility index (Phi) is 14.4. The van der Waals surface area contributed by atoms with Gasteiger partial charge in [0.2, 0.25) is 5.91 Å². The van der Waals surface area contributed by atoms with Gasteiger partial charge in [0.05, 0.1) is 15.9 Å². The molecule has 7 heteroatoms. The molecular weight excluding hydrogens is 530 g/mol. The Morgan fingerprint density at radius 3 is 1.78 bits per heavy atom. The van der Waals surface area contributed by atoms with Gasteiger partial charge in [0, 0.05) is 19.2 Å².